The van der Waals surface area contributed by atoms with E-state index in [0.29, 0.717) is 37.7 Å². The van der Waals surface area contributed by atoms with Gasteiger partial charge in [-0.25, -0.2) is 23.4 Å². The van der Waals surface area contributed by atoms with Crippen LogP contribution in [0.4, 0.5) is 19.0 Å². The molecule has 2 saturated carbocycles. The average Bonchev–Trinajstić information content (AvgIpc) is 3.72. The Balaban J connectivity index is 1.38. The molecule has 2 aliphatic rings. The Morgan fingerprint density at radius 2 is 1.88 bits per heavy atom. The van der Waals surface area contributed by atoms with Gasteiger partial charge in [0.15, 0.2) is 0 Å². The van der Waals surface area contributed by atoms with Crippen molar-refractivity contribution in [1.82, 2.24) is 19.9 Å². The number of hydrogen-bond donors (Lipinski definition) is 1. The number of hydrogen-bond acceptors (Lipinski definition) is 9. The maximum Gasteiger partial charge on any atom is 0.416 e. The number of alkyl halides is 3. The van der Waals surface area contributed by atoms with Gasteiger partial charge in [-0.1, -0.05) is 18.2 Å². The molecular weight excluding hydrogens is 575 g/mol. The second kappa shape index (κ2) is 11.8. The van der Waals surface area contributed by atoms with Crippen molar-refractivity contribution in [1.29, 1.82) is 0 Å². The van der Waals surface area contributed by atoms with Crippen molar-refractivity contribution < 1.29 is 35.9 Å². The van der Waals surface area contributed by atoms with Crippen molar-refractivity contribution in [2.75, 3.05) is 18.8 Å². The fourth-order valence-electron chi connectivity index (χ4n) is 5.45. The molecule has 0 bridgehead atoms. The highest BCUT2D eigenvalue weighted by Gasteiger charge is 2.45. The molecule has 2 aliphatic carbocycles. The highest BCUT2D eigenvalue weighted by molar-refractivity contribution is 7.92. The number of nitrogens with one attached hydrogen (secondary N) is 1. The number of likely N-dealkylation sites (N-methyl/N-ethyl adjacent to an activating group) is 1. The van der Waals surface area contributed by atoms with Crippen LogP contribution in [0.25, 0.3) is 0 Å². The van der Waals surface area contributed by atoms with Crippen LogP contribution in [0.1, 0.15) is 54.3 Å². The van der Waals surface area contributed by atoms with Crippen LogP contribution in [-0.4, -0.2) is 67.1 Å². The standard InChI is InChI=1S/C28H30F3N5O5S/c1-36(2)21-13-18(17-4-3-5-19(12-17)28(29,30)31)6-7-22(21)41-26-9-8-24(27(34-26)20-14-23(20)40-16-37)42(38,39)35-25-10-11-32-15-33-25/h3-5,8-12,15-16,18,20-23H,6-7,13-14H2,1-2H3,(H,32,33,35)/t18-,20?,21-,22-,23?/m0/s1. The molecule has 2 aromatic heterocycles. The van der Waals surface area contributed by atoms with Gasteiger partial charge >= 0.3 is 6.18 Å². The fraction of sp³-hybridized carbons (Fsp3) is 0.429. The van der Waals surface area contributed by atoms with Crippen LogP contribution in [0.2, 0.25) is 0 Å². The van der Waals surface area contributed by atoms with Gasteiger partial charge in [-0.15, -0.1) is 0 Å². The lowest BCUT2D eigenvalue weighted by Crippen LogP contribution is -2.46. The van der Waals surface area contributed by atoms with E-state index >= 15 is 0 Å². The third-order valence-electron chi connectivity index (χ3n) is 7.66. The lowest BCUT2D eigenvalue weighted by atomic mass is 9.79. The molecule has 1 N–H and O–H groups in total. The van der Waals surface area contributed by atoms with Gasteiger partial charge in [-0.2, -0.15) is 13.2 Å². The third-order valence-corrected chi connectivity index (χ3v) is 9.06. The summed E-state index contributed by atoms with van der Waals surface area (Å²) < 4.78 is 80.3. The number of nitrogens with zero attached hydrogens (tertiary/aromatic N) is 4. The molecule has 42 heavy (non-hydrogen) atoms. The smallest absolute Gasteiger partial charge is 0.416 e. The summed E-state index contributed by atoms with van der Waals surface area (Å²) >= 11 is 0. The SMILES string of the molecule is CN(C)[C@H]1C[C@@H](c2cccc(C(F)(F)F)c2)CC[C@@H]1Oc1ccc(S(=O)(=O)Nc2ccncn2)c(C2CC2OC=O)n1. The minimum absolute atomic E-state index is 0.0825. The molecule has 2 unspecified atom stereocenters. The summed E-state index contributed by atoms with van der Waals surface area (Å²) in [5, 5.41) is 0. The van der Waals surface area contributed by atoms with Crippen molar-refractivity contribution in [3.63, 3.8) is 0 Å². The quantitative estimate of drug-likeness (QED) is 0.336. The first-order chi connectivity index (χ1) is 20.0. The van der Waals surface area contributed by atoms with Gasteiger partial charge in [0.1, 0.15) is 29.2 Å². The number of pyridine rings is 1. The molecular formula is C28H30F3N5O5S. The summed E-state index contributed by atoms with van der Waals surface area (Å²) in [5.41, 5.74) is 0.175. The molecule has 0 spiro atoms. The van der Waals surface area contributed by atoms with E-state index in [0.717, 1.165) is 6.07 Å². The summed E-state index contributed by atoms with van der Waals surface area (Å²) in [5.74, 6) is -0.232. The van der Waals surface area contributed by atoms with Crippen LogP contribution in [0.15, 0.2) is 59.9 Å². The largest absolute Gasteiger partial charge is 0.473 e. The minimum atomic E-state index is -4.41. The molecule has 224 valence electrons. The van der Waals surface area contributed by atoms with E-state index in [4.69, 9.17) is 9.47 Å². The second-order valence-corrected chi connectivity index (χ2v) is 12.3. The zero-order valence-corrected chi connectivity index (χ0v) is 23.7. The summed E-state index contributed by atoms with van der Waals surface area (Å²) in [6.07, 6.45) is -0.507. The zero-order chi connectivity index (χ0) is 30.1. The van der Waals surface area contributed by atoms with E-state index in [2.05, 4.69) is 19.7 Å². The molecule has 10 nitrogen and oxygen atoms in total. The van der Waals surface area contributed by atoms with Gasteiger partial charge < -0.3 is 14.4 Å². The Morgan fingerprint density at radius 1 is 1.07 bits per heavy atom. The Morgan fingerprint density at radius 3 is 2.57 bits per heavy atom. The van der Waals surface area contributed by atoms with Crippen LogP contribution in [0.5, 0.6) is 5.88 Å². The van der Waals surface area contributed by atoms with Crippen LogP contribution in [-0.2, 0) is 25.7 Å². The molecule has 1 aromatic carbocycles. The Labute approximate surface area is 241 Å². The lowest BCUT2D eigenvalue weighted by molar-refractivity contribution is -0.137. The number of aromatic nitrogens is 3. The number of carbonyl (C=O) groups is 1. The van der Waals surface area contributed by atoms with E-state index < -0.39 is 33.8 Å². The summed E-state index contributed by atoms with van der Waals surface area (Å²) in [6, 6.07) is 9.59. The normalized spacial score (nSPS) is 24.2. The first-order valence-electron chi connectivity index (χ1n) is 13.4. The van der Waals surface area contributed by atoms with Gasteiger partial charge in [0.2, 0.25) is 5.88 Å². The minimum Gasteiger partial charge on any atom is -0.473 e. The molecule has 0 aliphatic heterocycles. The first-order valence-corrected chi connectivity index (χ1v) is 14.8. The molecule has 0 saturated heterocycles. The van der Waals surface area contributed by atoms with Crippen molar-refractivity contribution in [3.8, 4) is 5.88 Å². The average molecular weight is 606 g/mol. The van der Waals surface area contributed by atoms with Crippen LogP contribution in [0, 0.1) is 0 Å². The number of benzene rings is 1. The molecule has 2 heterocycles. The van der Waals surface area contributed by atoms with E-state index in [1.807, 2.05) is 19.0 Å². The maximum atomic E-state index is 13.3. The van der Waals surface area contributed by atoms with Crippen molar-refractivity contribution in [3.05, 3.63) is 71.8 Å². The summed E-state index contributed by atoms with van der Waals surface area (Å²) in [4.78, 5) is 25.1. The first kappa shape index (κ1) is 29.7. The predicted molar refractivity (Wildman–Crippen MR) is 145 cm³/mol. The fourth-order valence-corrected chi connectivity index (χ4v) is 6.68. The van der Waals surface area contributed by atoms with Crippen molar-refractivity contribution in [2.24, 2.45) is 0 Å². The molecule has 3 aromatic rings. The maximum absolute atomic E-state index is 13.3. The van der Waals surface area contributed by atoms with E-state index in [-0.39, 0.29) is 40.4 Å². The van der Waals surface area contributed by atoms with Gasteiger partial charge in [0.25, 0.3) is 16.5 Å². The number of carbonyl (C=O) groups excluding carboxylic acids is 1. The topological polar surface area (TPSA) is 124 Å². The van der Waals surface area contributed by atoms with E-state index in [9.17, 15) is 26.4 Å². The Bertz CT molecular complexity index is 1520. The van der Waals surface area contributed by atoms with Crippen molar-refractivity contribution >= 4 is 22.3 Å². The van der Waals surface area contributed by atoms with Crippen molar-refractivity contribution in [2.45, 2.75) is 66.8 Å². The number of sulfonamides is 1. The number of anilines is 1. The monoisotopic (exact) mass is 605 g/mol. The van der Waals surface area contributed by atoms with Gasteiger partial charge in [0.05, 0.1) is 11.3 Å². The zero-order valence-electron chi connectivity index (χ0n) is 22.9. The van der Waals surface area contributed by atoms with Crippen LogP contribution in [0.3, 0.4) is 0 Å². The lowest BCUT2D eigenvalue weighted by Gasteiger charge is -2.39. The van der Waals surface area contributed by atoms with Gasteiger partial charge in [0, 0.05) is 24.2 Å². The Hall–Kier alpha value is -3.78. The second-order valence-electron chi connectivity index (χ2n) is 10.7. The molecule has 0 amide bonds. The number of rotatable bonds is 10. The highest BCUT2D eigenvalue weighted by Crippen LogP contribution is 2.45. The predicted octanol–water partition coefficient (Wildman–Crippen LogP) is 4.37. The summed E-state index contributed by atoms with van der Waals surface area (Å²) in [6.45, 7) is 0.322. The number of ether oxygens (including phenoxy) is 2. The Kier molecular flexibility index (Phi) is 8.37. The molecule has 5 rings (SSSR count). The highest BCUT2D eigenvalue weighted by atomic mass is 32.2. The van der Waals surface area contributed by atoms with E-state index in [1.165, 1.54) is 42.9 Å². The van der Waals surface area contributed by atoms with Crippen LogP contribution >= 0.6 is 0 Å². The molecule has 0 radical (unpaired) electrons. The van der Waals surface area contributed by atoms with E-state index in [1.54, 1.807) is 6.07 Å². The molecule has 2 fully saturated rings. The van der Waals surface area contributed by atoms with Gasteiger partial charge in [-0.05, 0) is 69.5 Å². The van der Waals surface area contributed by atoms with Gasteiger partial charge in [-0.3, -0.25) is 9.52 Å². The molecule has 5 atom stereocenters. The van der Waals surface area contributed by atoms with Crippen LogP contribution < -0.4 is 9.46 Å². The number of halogens is 3. The summed E-state index contributed by atoms with van der Waals surface area (Å²) in [7, 11) is -0.337. The molecule has 14 heteroatoms. The third kappa shape index (κ3) is 6.65.